The number of hydrogen-bond donors (Lipinski definition) is 1. The molecule has 112 valence electrons. The summed E-state index contributed by atoms with van der Waals surface area (Å²) in [5.41, 5.74) is 0.864. The van der Waals surface area contributed by atoms with Crippen LogP contribution < -0.4 is 5.32 Å². The molecule has 0 saturated heterocycles. The third-order valence-corrected chi connectivity index (χ3v) is 3.16. The van der Waals surface area contributed by atoms with Gasteiger partial charge >= 0.3 is 0 Å². The third kappa shape index (κ3) is 3.17. The summed E-state index contributed by atoms with van der Waals surface area (Å²) in [6.07, 6.45) is 1.53. The van der Waals surface area contributed by atoms with Crippen molar-refractivity contribution in [2.45, 2.75) is 6.42 Å². The SMILES string of the molecule is O=C(Cc1cc(-c2ccco2)on1)Nc1ccc(F)c(Cl)c1. The zero-order valence-electron chi connectivity index (χ0n) is 11.2. The van der Waals surface area contributed by atoms with Crippen LogP contribution in [0.3, 0.4) is 0 Å². The predicted octanol–water partition coefficient (Wildman–Crippen LogP) is 3.91. The van der Waals surface area contributed by atoms with Crippen molar-refractivity contribution >= 4 is 23.2 Å². The van der Waals surface area contributed by atoms with Crippen molar-refractivity contribution < 1.29 is 18.1 Å². The molecule has 1 N–H and O–H groups in total. The molecule has 0 radical (unpaired) electrons. The molecule has 0 bridgehead atoms. The van der Waals surface area contributed by atoms with Gasteiger partial charge in [0.15, 0.2) is 5.76 Å². The summed E-state index contributed by atoms with van der Waals surface area (Å²) in [7, 11) is 0. The number of aromatic nitrogens is 1. The van der Waals surface area contributed by atoms with E-state index in [2.05, 4.69) is 10.5 Å². The molecule has 1 aromatic carbocycles. The van der Waals surface area contributed by atoms with Gasteiger partial charge in [-0.05, 0) is 30.3 Å². The van der Waals surface area contributed by atoms with Crippen LogP contribution in [0.15, 0.2) is 51.6 Å². The fourth-order valence-electron chi connectivity index (χ4n) is 1.87. The normalized spacial score (nSPS) is 10.6. The molecule has 0 atom stereocenters. The van der Waals surface area contributed by atoms with Crippen molar-refractivity contribution in [3.8, 4) is 11.5 Å². The zero-order chi connectivity index (χ0) is 15.5. The van der Waals surface area contributed by atoms with Gasteiger partial charge < -0.3 is 14.3 Å². The van der Waals surface area contributed by atoms with Crippen molar-refractivity contribution in [1.29, 1.82) is 0 Å². The fourth-order valence-corrected chi connectivity index (χ4v) is 2.05. The molecule has 3 rings (SSSR count). The fraction of sp³-hybridized carbons (Fsp3) is 0.0667. The van der Waals surface area contributed by atoms with Crippen LogP contribution in [0.4, 0.5) is 10.1 Å². The Morgan fingerprint density at radius 1 is 1.27 bits per heavy atom. The smallest absolute Gasteiger partial charge is 0.230 e. The van der Waals surface area contributed by atoms with Crippen LogP contribution in [0.25, 0.3) is 11.5 Å². The number of furan rings is 1. The van der Waals surface area contributed by atoms with Gasteiger partial charge in [0.2, 0.25) is 11.7 Å². The first-order valence-corrected chi connectivity index (χ1v) is 6.74. The Bertz CT molecular complexity index is 799. The van der Waals surface area contributed by atoms with E-state index in [0.29, 0.717) is 22.9 Å². The Morgan fingerprint density at radius 2 is 2.14 bits per heavy atom. The molecule has 0 fully saturated rings. The Kier molecular flexibility index (Phi) is 3.93. The first kappa shape index (κ1) is 14.3. The molecule has 0 aliphatic rings. The molecule has 5 nitrogen and oxygen atoms in total. The second kappa shape index (κ2) is 6.03. The number of hydrogen-bond acceptors (Lipinski definition) is 4. The number of amides is 1. The summed E-state index contributed by atoms with van der Waals surface area (Å²) >= 11 is 5.65. The molecule has 0 unspecified atom stereocenters. The minimum atomic E-state index is -0.542. The van der Waals surface area contributed by atoms with Crippen molar-refractivity contribution in [2.24, 2.45) is 0 Å². The van der Waals surface area contributed by atoms with E-state index in [1.165, 1.54) is 24.5 Å². The molecule has 0 aliphatic heterocycles. The zero-order valence-corrected chi connectivity index (χ0v) is 11.9. The lowest BCUT2D eigenvalue weighted by Gasteiger charge is -2.04. The monoisotopic (exact) mass is 320 g/mol. The van der Waals surface area contributed by atoms with Crippen molar-refractivity contribution in [3.05, 3.63) is 59.2 Å². The van der Waals surface area contributed by atoms with Gasteiger partial charge in [-0.2, -0.15) is 0 Å². The standard InChI is InChI=1S/C15H10ClFN2O3/c16-11-6-9(3-4-12(11)17)18-15(20)8-10-7-14(22-19-10)13-2-1-5-21-13/h1-7H,8H2,(H,18,20). The number of benzene rings is 1. The van der Waals surface area contributed by atoms with Crippen LogP contribution in [-0.2, 0) is 11.2 Å². The highest BCUT2D eigenvalue weighted by Gasteiger charge is 2.12. The van der Waals surface area contributed by atoms with Gasteiger partial charge in [-0.1, -0.05) is 16.8 Å². The topological polar surface area (TPSA) is 68.3 Å². The van der Waals surface area contributed by atoms with Crippen LogP contribution in [0.2, 0.25) is 5.02 Å². The summed E-state index contributed by atoms with van der Waals surface area (Å²) in [6, 6.07) is 9.02. The summed E-state index contributed by atoms with van der Waals surface area (Å²) < 4.78 is 23.3. The summed E-state index contributed by atoms with van der Waals surface area (Å²) in [4.78, 5) is 11.9. The molecular weight excluding hydrogens is 311 g/mol. The van der Waals surface area contributed by atoms with Gasteiger partial charge in [0.1, 0.15) is 5.82 Å². The molecule has 0 aliphatic carbocycles. The quantitative estimate of drug-likeness (QED) is 0.791. The average Bonchev–Trinajstić information content (AvgIpc) is 3.13. The Morgan fingerprint density at radius 3 is 2.86 bits per heavy atom. The van der Waals surface area contributed by atoms with Crippen LogP contribution in [-0.4, -0.2) is 11.1 Å². The highest BCUT2D eigenvalue weighted by Crippen LogP contribution is 2.22. The highest BCUT2D eigenvalue weighted by atomic mass is 35.5. The highest BCUT2D eigenvalue weighted by molar-refractivity contribution is 6.31. The number of nitrogens with one attached hydrogen (secondary N) is 1. The first-order chi connectivity index (χ1) is 10.6. The van der Waals surface area contributed by atoms with Gasteiger partial charge in [0.05, 0.1) is 23.4 Å². The number of anilines is 1. The summed E-state index contributed by atoms with van der Waals surface area (Å²) in [5, 5.41) is 6.35. The van der Waals surface area contributed by atoms with Gasteiger partial charge in [-0.25, -0.2) is 4.39 Å². The van der Waals surface area contributed by atoms with E-state index in [4.69, 9.17) is 20.5 Å². The van der Waals surface area contributed by atoms with E-state index in [-0.39, 0.29) is 17.4 Å². The molecule has 1 amide bonds. The number of halogens is 2. The lowest BCUT2D eigenvalue weighted by molar-refractivity contribution is -0.115. The van der Waals surface area contributed by atoms with E-state index in [9.17, 15) is 9.18 Å². The summed E-state index contributed by atoms with van der Waals surface area (Å²) in [5.74, 6) is 0.114. The molecule has 7 heteroatoms. The van der Waals surface area contributed by atoms with E-state index in [1.807, 2.05) is 0 Å². The van der Waals surface area contributed by atoms with Gasteiger partial charge in [0.25, 0.3) is 0 Å². The molecule has 0 spiro atoms. The molecule has 22 heavy (non-hydrogen) atoms. The van der Waals surface area contributed by atoms with E-state index < -0.39 is 5.82 Å². The number of carbonyl (C=O) groups is 1. The number of nitrogens with zero attached hydrogens (tertiary/aromatic N) is 1. The summed E-state index contributed by atoms with van der Waals surface area (Å²) in [6.45, 7) is 0. The van der Waals surface area contributed by atoms with E-state index in [0.717, 1.165) is 0 Å². The molecular formula is C15H10ClFN2O3. The van der Waals surface area contributed by atoms with Crippen LogP contribution >= 0.6 is 11.6 Å². The Labute approximate surface area is 129 Å². The maximum Gasteiger partial charge on any atom is 0.230 e. The van der Waals surface area contributed by atoms with Crippen LogP contribution in [0.5, 0.6) is 0 Å². The minimum absolute atomic E-state index is 0.0131. The molecule has 2 aromatic heterocycles. The van der Waals surface area contributed by atoms with Crippen molar-refractivity contribution in [3.63, 3.8) is 0 Å². The maximum absolute atomic E-state index is 13.0. The molecule has 2 heterocycles. The van der Waals surface area contributed by atoms with Crippen LogP contribution in [0, 0.1) is 5.82 Å². The van der Waals surface area contributed by atoms with Crippen LogP contribution in [0.1, 0.15) is 5.69 Å². The van der Waals surface area contributed by atoms with E-state index >= 15 is 0 Å². The van der Waals surface area contributed by atoms with Gasteiger partial charge in [0, 0.05) is 11.8 Å². The maximum atomic E-state index is 13.0. The second-order valence-electron chi connectivity index (χ2n) is 4.51. The van der Waals surface area contributed by atoms with Crippen molar-refractivity contribution in [1.82, 2.24) is 5.16 Å². The lowest BCUT2D eigenvalue weighted by Crippen LogP contribution is -2.14. The minimum Gasteiger partial charge on any atom is -0.461 e. The number of carbonyl (C=O) groups excluding carboxylic acids is 1. The molecule has 3 aromatic rings. The average molecular weight is 321 g/mol. The largest absolute Gasteiger partial charge is 0.461 e. The molecule has 0 saturated carbocycles. The van der Waals surface area contributed by atoms with Gasteiger partial charge in [-0.15, -0.1) is 0 Å². The Balaban J connectivity index is 1.65. The van der Waals surface area contributed by atoms with Gasteiger partial charge in [-0.3, -0.25) is 4.79 Å². The lowest BCUT2D eigenvalue weighted by atomic mass is 10.2. The third-order valence-electron chi connectivity index (χ3n) is 2.87. The first-order valence-electron chi connectivity index (χ1n) is 6.36. The predicted molar refractivity (Wildman–Crippen MR) is 77.9 cm³/mol. The second-order valence-corrected chi connectivity index (χ2v) is 4.92. The van der Waals surface area contributed by atoms with E-state index in [1.54, 1.807) is 18.2 Å². The number of rotatable bonds is 4. The van der Waals surface area contributed by atoms with Crippen molar-refractivity contribution in [2.75, 3.05) is 5.32 Å². The Hall–Kier alpha value is -2.60.